The Balaban J connectivity index is 1.62. The third kappa shape index (κ3) is 3.27. The summed E-state index contributed by atoms with van der Waals surface area (Å²) < 4.78 is 13.7. The second-order valence-corrected chi connectivity index (χ2v) is 6.87. The highest BCUT2D eigenvalue weighted by Gasteiger charge is 2.31. The number of nitrogens with zero attached hydrogens (tertiary/aromatic N) is 3. The second-order valence-electron chi connectivity index (χ2n) is 6.87. The molecule has 2 aromatic rings. The quantitative estimate of drug-likeness (QED) is 0.768. The van der Waals surface area contributed by atoms with Gasteiger partial charge in [-0.3, -0.25) is 14.9 Å². The van der Waals surface area contributed by atoms with Gasteiger partial charge >= 0.3 is 0 Å². The average Bonchev–Trinajstić information content (AvgIpc) is 3.27. The summed E-state index contributed by atoms with van der Waals surface area (Å²) in [4.78, 5) is 11.1. The Bertz CT molecular complexity index is 805. The van der Waals surface area contributed by atoms with Crippen LogP contribution in [-0.4, -0.2) is 34.5 Å². The lowest BCUT2D eigenvalue weighted by atomic mass is 9.81. The SMILES string of the molecule is CC(c1cnccn1)C1C(CCN2CC=CC2)=Cc2cc(F)ccc21. The van der Waals surface area contributed by atoms with Crippen LogP contribution in [0.1, 0.15) is 42.0 Å². The average molecular weight is 335 g/mol. The predicted molar refractivity (Wildman–Crippen MR) is 97.8 cm³/mol. The fourth-order valence-electron chi connectivity index (χ4n) is 3.97. The number of benzene rings is 1. The van der Waals surface area contributed by atoms with Gasteiger partial charge in [0.25, 0.3) is 0 Å². The largest absolute Gasteiger partial charge is 0.296 e. The molecule has 0 bridgehead atoms. The molecule has 128 valence electrons. The fourth-order valence-corrected chi connectivity index (χ4v) is 3.97. The molecule has 4 rings (SSSR count). The van der Waals surface area contributed by atoms with E-state index < -0.39 is 0 Å². The van der Waals surface area contributed by atoms with Gasteiger partial charge in [0.05, 0.1) is 5.69 Å². The first-order valence-corrected chi connectivity index (χ1v) is 8.85. The van der Waals surface area contributed by atoms with Crippen molar-refractivity contribution in [2.24, 2.45) is 0 Å². The Labute approximate surface area is 147 Å². The molecular weight excluding hydrogens is 313 g/mol. The monoisotopic (exact) mass is 335 g/mol. The van der Waals surface area contributed by atoms with Gasteiger partial charge in [-0.2, -0.15) is 0 Å². The Hall–Kier alpha value is -2.33. The van der Waals surface area contributed by atoms with Crippen molar-refractivity contribution in [3.8, 4) is 0 Å². The molecule has 0 saturated heterocycles. The zero-order valence-electron chi connectivity index (χ0n) is 14.4. The maximum Gasteiger partial charge on any atom is 0.123 e. The number of fused-ring (bicyclic) bond motifs is 1. The molecule has 3 nitrogen and oxygen atoms in total. The summed E-state index contributed by atoms with van der Waals surface area (Å²) >= 11 is 0. The summed E-state index contributed by atoms with van der Waals surface area (Å²) in [6.07, 6.45) is 12.9. The number of hydrogen-bond donors (Lipinski definition) is 0. The summed E-state index contributed by atoms with van der Waals surface area (Å²) in [5, 5.41) is 0. The molecule has 0 N–H and O–H groups in total. The Morgan fingerprint density at radius 1 is 1.24 bits per heavy atom. The Kier molecular flexibility index (Phi) is 4.45. The van der Waals surface area contributed by atoms with Crippen molar-refractivity contribution >= 4 is 6.08 Å². The van der Waals surface area contributed by atoms with Crippen molar-refractivity contribution in [1.82, 2.24) is 14.9 Å². The highest BCUT2D eigenvalue weighted by Crippen LogP contribution is 2.46. The summed E-state index contributed by atoms with van der Waals surface area (Å²) in [7, 11) is 0. The maximum atomic E-state index is 13.7. The first-order chi connectivity index (χ1) is 12.2. The van der Waals surface area contributed by atoms with Gasteiger partial charge in [0, 0.05) is 50.1 Å². The van der Waals surface area contributed by atoms with Crippen LogP contribution in [0.15, 0.2) is 54.5 Å². The predicted octanol–water partition coefficient (Wildman–Crippen LogP) is 4.16. The normalized spacial score (nSPS) is 20.6. The standard InChI is InChI=1S/C21H22FN3/c1-15(20-14-23-7-8-24-20)21-16(6-11-25-9-2-3-10-25)12-17-13-18(22)4-5-19(17)21/h2-5,7-8,12-15,21H,6,9-11H2,1H3. The van der Waals surface area contributed by atoms with Crippen molar-refractivity contribution in [3.05, 3.63) is 77.2 Å². The lowest BCUT2D eigenvalue weighted by Crippen LogP contribution is -2.22. The first-order valence-electron chi connectivity index (χ1n) is 8.85. The third-order valence-corrected chi connectivity index (χ3v) is 5.28. The zero-order valence-corrected chi connectivity index (χ0v) is 14.4. The first kappa shape index (κ1) is 16.2. The number of halogens is 1. The van der Waals surface area contributed by atoms with Crippen LogP contribution in [0, 0.1) is 5.82 Å². The van der Waals surface area contributed by atoms with E-state index in [0.717, 1.165) is 37.3 Å². The second kappa shape index (κ2) is 6.89. The number of aromatic nitrogens is 2. The number of hydrogen-bond acceptors (Lipinski definition) is 3. The lowest BCUT2D eigenvalue weighted by molar-refractivity contribution is 0.353. The maximum absolute atomic E-state index is 13.7. The van der Waals surface area contributed by atoms with Crippen LogP contribution in [0.4, 0.5) is 4.39 Å². The molecule has 1 aromatic heterocycles. The van der Waals surface area contributed by atoms with Gasteiger partial charge in [-0.05, 0) is 29.7 Å². The summed E-state index contributed by atoms with van der Waals surface area (Å²) in [5.41, 5.74) is 4.56. The van der Waals surface area contributed by atoms with E-state index in [9.17, 15) is 4.39 Å². The lowest BCUT2D eigenvalue weighted by Gasteiger charge is -2.25. The van der Waals surface area contributed by atoms with E-state index in [1.165, 1.54) is 11.1 Å². The molecule has 1 aliphatic carbocycles. The van der Waals surface area contributed by atoms with Gasteiger partial charge in [0.15, 0.2) is 0 Å². The molecule has 2 unspecified atom stereocenters. The molecule has 0 fully saturated rings. The van der Waals surface area contributed by atoms with Crippen LogP contribution in [0.2, 0.25) is 0 Å². The topological polar surface area (TPSA) is 29.0 Å². The van der Waals surface area contributed by atoms with E-state index >= 15 is 0 Å². The molecule has 2 atom stereocenters. The van der Waals surface area contributed by atoms with Crippen LogP contribution in [-0.2, 0) is 0 Å². The third-order valence-electron chi connectivity index (χ3n) is 5.28. The zero-order chi connectivity index (χ0) is 17.2. The van der Waals surface area contributed by atoms with E-state index in [2.05, 4.69) is 40.0 Å². The van der Waals surface area contributed by atoms with Crippen LogP contribution in [0.5, 0.6) is 0 Å². The van der Waals surface area contributed by atoms with Gasteiger partial charge < -0.3 is 0 Å². The van der Waals surface area contributed by atoms with Crippen LogP contribution >= 0.6 is 0 Å². The molecule has 1 aliphatic heterocycles. The van der Waals surface area contributed by atoms with E-state index in [4.69, 9.17) is 0 Å². The smallest absolute Gasteiger partial charge is 0.123 e. The van der Waals surface area contributed by atoms with Crippen LogP contribution in [0.3, 0.4) is 0 Å². The van der Waals surface area contributed by atoms with Crippen LogP contribution in [0.25, 0.3) is 6.08 Å². The molecule has 0 radical (unpaired) electrons. The minimum Gasteiger partial charge on any atom is -0.296 e. The molecule has 2 aliphatic rings. The Morgan fingerprint density at radius 3 is 2.84 bits per heavy atom. The highest BCUT2D eigenvalue weighted by atomic mass is 19.1. The van der Waals surface area contributed by atoms with Gasteiger partial charge in [0.1, 0.15) is 5.82 Å². The van der Waals surface area contributed by atoms with E-state index in [0.29, 0.717) is 0 Å². The molecule has 0 amide bonds. The van der Waals surface area contributed by atoms with Crippen molar-refractivity contribution in [1.29, 1.82) is 0 Å². The van der Waals surface area contributed by atoms with Crippen LogP contribution < -0.4 is 0 Å². The van der Waals surface area contributed by atoms with Gasteiger partial charge in [-0.15, -0.1) is 0 Å². The minimum absolute atomic E-state index is 0.175. The summed E-state index contributed by atoms with van der Waals surface area (Å²) in [5.74, 6) is 0.275. The van der Waals surface area contributed by atoms with Crippen molar-refractivity contribution in [2.75, 3.05) is 19.6 Å². The fraction of sp³-hybridized carbons (Fsp3) is 0.333. The molecular formula is C21H22FN3. The van der Waals surface area contributed by atoms with E-state index in [1.54, 1.807) is 24.5 Å². The minimum atomic E-state index is -0.175. The van der Waals surface area contributed by atoms with Gasteiger partial charge in [-0.1, -0.05) is 36.8 Å². The molecule has 4 heteroatoms. The van der Waals surface area contributed by atoms with E-state index in [1.807, 2.05) is 12.3 Å². The molecule has 25 heavy (non-hydrogen) atoms. The molecule has 0 spiro atoms. The van der Waals surface area contributed by atoms with Crippen molar-refractivity contribution < 1.29 is 4.39 Å². The van der Waals surface area contributed by atoms with Crippen molar-refractivity contribution in [2.45, 2.75) is 25.2 Å². The molecule has 1 aromatic carbocycles. The van der Waals surface area contributed by atoms with Gasteiger partial charge in [-0.25, -0.2) is 4.39 Å². The highest BCUT2D eigenvalue weighted by molar-refractivity contribution is 5.67. The van der Waals surface area contributed by atoms with Gasteiger partial charge in [0.2, 0.25) is 0 Å². The summed E-state index contributed by atoms with van der Waals surface area (Å²) in [6, 6.07) is 5.15. The summed E-state index contributed by atoms with van der Waals surface area (Å²) in [6.45, 7) is 5.27. The Morgan fingerprint density at radius 2 is 2.08 bits per heavy atom. The van der Waals surface area contributed by atoms with E-state index in [-0.39, 0.29) is 17.7 Å². The van der Waals surface area contributed by atoms with Crippen molar-refractivity contribution in [3.63, 3.8) is 0 Å². The molecule has 2 heterocycles. The molecule has 0 saturated carbocycles. The number of rotatable bonds is 5.